The number of guanidine groups is 1. The Morgan fingerprint density at radius 2 is 1.74 bits per heavy atom. The van der Waals surface area contributed by atoms with Crippen LogP contribution in [0.5, 0.6) is 0 Å². The summed E-state index contributed by atoms with van der Waals surface area (Å²) >= 11 is 11.8. The number of nitrogens with two attached hydrogens (primary N) is 2. The van der Waals surface area contributed by atoms with Gasteiger partial charge >= 0.3 is 5.97 Å². The van der Waals surface area contributed by atoms with Gasteiger partial charge in [-0.05, 0) is 50.3 Å². The summed E-state index contributed by atoms with van der Waals surface area (Å²) in [6.45, 7) is 4.92. The number of nitro groups is 1. The van der Waals surface area contributed by atoms with Crippen LogP contribution in [0.4, 0.5) is 5.69 Å². The highest BCUT2D eigenvalue weighted by molar-refractivity contribution is 8.93. The minimum absolute atomic E-state index is 0. The Balaban J connectivity index is 0.0000176. The molecule has 0 saturated carbocycles. The van der Waals surface area contributed by atoms with Crippen LogP contribution in [0.2, 0.25) is 0 Å². The number of nitrogens with zero attached hydrogens (tertiary/aromatic N) is 3. The highest BCUT2D eigenvalue weighted by Crippen LogP contribution is 2.18. The fourth-order valence-electron chi connectivity index (χ4n) is 4.02. The maximum absolute atomic E-state index is 13.2. The summed E-state index contributed by atoms with van der Waals surface area (Å²) in [5, 5.41) is 15.0. The Bertz CT molecular complexity index is 1050. The van der Waals surface area contributed by atoms with Crippen molar-refractivity contribution >= 4 is 69.6 Å². The molecule has 0 heterocycles. The SMILES string of the molecule is Br.CCC[C@H](NC(=O)[C@H](CCCN=C(N)N[N+](=O)[O-])NC(=O)[C@@H](N)Cc1cccc(N(CCCl)CCCl)c1)C(=O)OCC. The average Bonchev–Trinajstić information content (AvgIpc) is 2.94. The predicted octanol–water partition coefficient (Wildman–Crippen LogP) is 1.63. The normalized spacial score (nSPS) is 13.1. The van der Waals surface area contributed by atoms with Crippen molar-refractivity contribution < 1.29 is 24.2 Å². The standard InChI is InChI=1S/C26H42Cl2N8O6.BrH/c1-3-7-22(25(39)42-4-2)33-24(38)21(10-6-13-31-26(30)34-36(40)41)32-23(37)20(29)17-18-8-5-9-19(16-18)35(14-11-27)15-12-28;/h5,8-9,16,20-22H,3-4,6-7,10-15,17,29H2,1-2H3,(H,32,37)(H,33,38)(H3,30,31,34);1H/t20-,21-,22-;/m0./s1. The van der Waals surface area contributed by atoms with E-state index in [9.17, 15) is 24.5 Å². The molecule has 1 aromatic rings. The lowest BCUT2D eigenvalue weighted by molar-refractivity contribution is -0.525. The van der Waals surface area contributed by atoms with Gasteiger partial charge in [-0.15, -0.1) is 40.2 Å². The molecule has 0 saturated heterocycles. The summed E-state index contributed by atoms with van der Waals surface area (Å²) in [7, 11) is 0. The third-order valence-electron chi connectivity index (χ3n) is 6.01. The number of anilines is 1. The van der Waals surface area contributed by atoms with E-state index in [2.05, 4.69) is 15.6 Å². The van der Waals surface area contributed by atoms with E-state index in [0.717, 1.165) is 11.3 Å². The van der Waals surface area contributed by atoms with Gasteiger partial charge in [-0.25, -0.2) is 19.9 Å². The van der Waals surface area contributed by atoms with Crippen molar-refractivity contribution in [3.05, 3.63) is 39.9 Å². The zero-order valence-corrected chi connectivity index (χ0v) is 27.7. The lowest BCUT2D eigenvalue weighted by Crippen LogP contribution is -2.55. The number of hydrogen-bond donors (Lipinski definition) is 5. The average molecular weight is 714 g/mol. The molecule has 0 radical (unpaired) electrons. The number of rotatable bonds is 20. The molecule has 0 bridgehead atoms. The Morgan fingerprint density at radius 3 is 2.33 bits per heavy atom. The zero-order valence-electron chi connectivity index (χ0n) is 24.4. The quantitative estimate of drug-likeness (QED) is 0.0251. The summed E-state index contributed by atoms with van der Waals surface area (Å²) in [5.74, 6) is -1.29. The molecular weight excluding hydrogens is 671 g/mol. The van der Waals surface area contributed by atoms with Crippen molar-refractivity contribution in [3.8, 4) is 0 Å². The van der Waals surface area contributed by atoms with Crippen LogP contribution >= 0.6 is 40.2 Å². The van der Waals surface area contributed by atoms with Crippen LogP contribution in [0.25, 0.3) is 0 Å². The molecular formula is C26H43BrCl2N8O6. The van der Waals surface area contributed by atoms with E-state index in [0.29, 0.717) is 37.7 Å². The number of ether oxygens (including phenoxy) is 1. The van der Waals surface area contributed by atoms with Crippen LogP contribution in [0.3, 0.4) is 0 Å². The molecule has 0 fully saturated rings. The van der Waals surface area contributed by atoms with E-state index >= 15 is 0 Å². The molecule has 0 aromatic heterocycles. The van der Waals surface area contributed by atoms with Crippen LogP contribution < -0.4 is 32.4 Å². The monoisotopic (exact) mass is 712 g/mol. The Labute approximate surface area is 272 Å². The molecule has 17 heteroatoms. The first-order valence-electron chi connectivity index (χ1n) is 13.8. The highest BCUT2D eigenvalue weighted by Gasteiger charge is 2.28. The summed E-state index contributed by atoms with van der Waals surface area (Å²) in [4.78, 5) is 55.0. The van der Waals surface area contributed by atoms with Crippen molar-refractivity contribution in [1.29, 1.82) is 0 Å². The topological polar surface area (TPSA) is 207 Å². The molecule has 1 aromatic carbocycles. The van der Waals surface area contributed by atoms with Gasteiger partial charge in [0.25, 0.3) is 5.96 Å². The Hall–Kier alpha value is -2.88. The molecule has 244 valence electrons. The second-order valence-electron chi connectivity index (χ2n) is 9.29. The minimum Gasteiger partial charge on any atom is -0.464 e. The second-order valence-corrected chi connectivity index (χ2v) is 10.0. The number of halogens is 3. The summed E-state index contributed by atoms with van der Waals surface area (Å²) < 4.78 is 5.06. The van der Waals surface area contributed by atoms with Crippen LogP contribution in [-0.4, -0.2) is 84.9 Å². The van der Waals surface area contributed by atoms with Crippen LogP contribution in [-0.2, 0) is 25.5 Å². The number of alkyl halides is 2. The molecule has 0 aliphatic carbocycles. The van der Waals surface area contributed by atoms with Gasteiger partial charge in [0.05, 0.1) is 12.6 Å². The maximum atomic E-state index is 13.2. The Morgan fingerprint density at radius 1 is 1.09 bits per heavy atom. The van der Waals surface area contributed by atoms with E-state index in [4.69, 9.17) is 39.4 Å². The van der Waals surface area contributed by atoms with E-state index < -0.39 is 46.9 Å². The fourth-order valence-corrected chi connectivity index (χ4v) is 4.43. The Kier molecular flexibility index (Phi) is 21.1. The third-order valence-corrected chi connectivity index (χ3v) is 6.35. The molecule has 0 unspecified atom stereocenters. The van der Waals surface area contributed by atoms with Crippen molar-refractivity contribution in [2.45, 2.75) is 64.1 Å². The molecule has 2 amide bonds. The first-order valence-corrected chi connectivity index (χ1v) is 14.8. The zero-order chi connectivity index (χ0) is 31.5. The van der Waals surface area contributed by atoms with E-state index in [1.54, 1.807) is 12.3 Å². The van der Waals surface area contributed by atoms with Crippen LogP contribution in [0.1, 0.15) is 45.1 Å². The molecule has 0 spiro atoms. The van der Waals surface area contributed by atoms with Gasteiger partial charge in [0.2, 0.25) is 11.8 Å². The smallest absolute Gasteiger partial charge is 0.328 e. The molecule has 43 heavy (non-hydrogen) atoms. The van der Waals surface area contributed by atoms with Gasteiger partial charge < -0.3 is 31.7 Å². The second kappa shape index (κ2) is 22.6. The largest absolute Gasteiger partial charge is 0.464 e. The molecule has 0 aliphatic rings. The van der Waals surface area contributed by atoms with Gasteiger partial charge in [0.1, 0.15) is 12.1 Å². The van der Waals surface area contributed by atoms with Gasteiger partial charge in [0, 0.05) is 37.1 Å². The maximum Gasteiger partial charge on any atom is 0.328 e. The van der Waals surface area contributed by atoms with Crippen molar-refractivity contribution in [2.75, 3.05) is 42.9 Å². The number of carbonyl (C=O) groups excluding carboxylic acids is 3. The molecule has 0 aliphatic heterocycles. The van der Waals surface area contributed by atoms with E-state index in [1.807, 2.05) is 36.1 Å². The van der Waals surface area contributed by atoms with Gasteiger partial charge in [-0.3, -0.25) is 9.59 Å². The molecule has 1 rings (SSSR count). The van der Waals surface area contributed by atoms with Crippen molar-refractivity contribution in [1.82, 2.24) is 16.1 Å². The predicted molar refractivity (Wildman–Crippen MR) is 173 cm³/mol. The van der Waals surface area contributed by atoms with Crippen LogP contribution in [0.15, 0.2) is 29.3 Å². The minimum atomic E-state index is -1.06. The van der Waals surface area contributed by atoms with Crippen molar-refractivity contribution in [3.63, 3.8) is 0 Å². The first kappa shape index (κ1) is 40.1. The first-order chi connectivity index (χ1) is 20.1. The molecule has 3 atom stereocenters. The number of benzene rings is 1. The lowest BCUT2D eigenvalue weighted by Gasteiger charge is -2.24. The van der Waals surface area contributed by atoms with E-state index in [-0.39, 0.29) is 49.4 Å². The number of hydrogen-bond acceptors (Lipinski definition) is 9. The number of aliphatic imine (C=N–C) groups is 1. The van der Waals surface area contributed by atoms with Gasteiger partial charge in [-0.2, -0.15) is 0 Å². The highest BCUT2D eigenvalue weighted by atomic mass is 79.9. The van der Waals surface area contributed by atoms with Gasteiger partial charge in [0.15, 0.2) is 5.03 Å². The fraction of sp³-hybridized carbons (Fsp3) is 0.615. The summed E-state index contributed by atoms with van der Waals surface area (Å²) in [6, 6.07) is 4.58. The number of esters is 1. The summed E-state index contributed by atoms with van der Waals surface area (Å²) in [6.07, 6.45) is 1.49. The molecule has 7 N–H and O–H groups in total. The lowest BCUT2D eigenvalue weighted by atomic mass is 10.0. The third kappa shape index (κ3) is 16.0. The van der Waals surface area contributed by atoms with E-state index in [1.165, 1.54) is 0 Å². The molecule has 14 nitrogen and oxygen atoms in total. The number of nitrogens with one attached hydrogen (secondary N) is 3. The number of hydrazine groups is 1. The van der Waals surface area contributed by atoms with Crippen LogP contribution in [0, 0.1) is 10.1 Å². The number of amides is 2. The van der Waals surface area contributed by atoms with Gasteiger partial charge in [-0.1, -0.05) is 30.9 Å². The number of carbonyl (C=O) groups is 3. The summed E-state index contributed by atoms with van der Waals surface area (Å²) in [5.41, 5.74) is 15.1. The van der Waals surface area contributed by atoms with Crippen molar-refractivity contribution in [2.24, 2.45) is 16.5 Å².